The Morgan fingerprint density at radius 1 is 0.880 bits per heavy atom. The molecular weight excluding hydrogens is 355 g/mol. The maximum atomic E-state index is 9.67. The summed E-state index contributed by atoms with van der Waals surface area (Å²) in [6.45, 7) is 0. The molecule has 2 aromatic heterocycles. The molecule has 0 aliphatic rings. The molecule has 0 N–H and O–H groups in total. The van der Waals surface area contributed by atoms with Crippen LogP contribution in [0.25, 0.3) is 28.0 Å². The van der Waals surface area contributed by atoms with Gasteiger partial charge in [-0.15, -0.1) is 10.2 Å². The molecule has 2 heterocycles. The van der Waals surface area contributed by atoms with E-state index in [2.05, 4.69) is 16.3 Å². The summed E-state index contributed by atoms with van der Waals surface area (Å²) in [6.07, 6.45) is 1.60. The van der Waals surface area contributed by atoms with E-state index >= 15 is 0 Å². The average Bonchev–Trinajstić information content (AvgIpc) is 3.11. The fraction of sp³-hybridized carbons (Fsp3) is 0. The van der Waals surface area contributed by atoms with Gasteiger partial charge in [0.1, 0.15) is 18.0 Å². The molecule has 0 saturated heterocycles. The van der Waals surface area contributed by atoms with E-state index in [9.17, 15) is 5.26 Å². The smallest absolute Gasteiger partial charge is 0.179 e. The molecule has 0 unspecified atom stereocenters. The van der Waals surface area contributed by atoms with Crippen LogP contribution in [0.3, 0.4) is 0 Å². The molecule has 0 radical (unpaired) electrons. The third-order valence-electron chi connectivity index (χ3n) is 3.99. The number of aromatic nitrogens is 3. The van der Waals surface area contributed by atoms with Crippen LogP contribution >= 0.6 is 23.2 Å². The van der Waals surface area contributed by atoms with Gasteiger partial charge in [0.05, 0.1) is 5.69 Å². The molecule has 4 aromatic rings. The molecule has 0 spiro atoms. The minimum absolute atomic E-state index is 0.470. The topological polar surface area (TPSA) is 54.0 Å². The molecule has 6 heteroatoms. The number of fused-ring (bicyclic) bond motifs is 1. The van der Waals surface area contributed by atoms with Crippen molar-refractivity contribution in [2.24, 2.45) is 0 Å². The van der Waals surface area contributed by atoms with E-state index in [1.165, 1.54) is 0 Å². The molecule has 0 saturated carbocycles. The Morgan fingerprint density at radius 3 is 2.08 bits per heavy atom. The van der Waals surface area contributed by atoms with Crippen molar-refractivity contribution >= 4 is 28.8 Å². The Hall–Kier alpha value is -2.87. The number of pyridine rings is 1. The summed E-state index contributed by atoms with van der Waals surface area (Å²) in [5.74, 6) is 0. The zero-order valence-corrected chi connectivity index (χ0v) is 14.3. The largest absolute Gasteiger partial charge is 0.280 e. The van der Waals surface area contributed by atoms with Crippen molar-refractivity contribution in [2.75, 3.05) is 0 Å². The van der Waals surface area contributed by atoms with Crippen LogP contribution < -0.4 is 0 Å². The summed E-state index contributed by atoms with van der Waals surface area (Å²) in [5, 5.41) is 19.1. The highest BCUT2D eigenvalue weighted by atomic mass is 35.5. The molecule has 0 atom stereocenters. The number of benzene rings is 2. The first kappa shape index (κ1) is 15.6. The normalized spacial score (nSPS) is 10.8. The minimum Gasteiger partial charge on any atom is -0.280 e. The summed E-state index contributed by atoms with van der Waals surface area (Å²) < 4.78 is 1.81. The summed E-state index contributed by atoms with van der Waals surface area (Å²) in [5.41, 5.74) is 4.48. The molecule has 25 heavy (non-hydrogen) atoms. The van der Waals surface area contributed by atoms with Crippen LogP contribution in [-0.4, -0.2) is 14.6 Å². The second-order valence-corrected chi connectivity index (χ2v) is 6.34. The van der Waals surface area contributed by atoms with Gasteiger partial charge in [-0.05, 0) is 41.5 Å². The number of nitrogens with zero attached hydrogens (tertiary/aromatic N) is 4. The van der Waals surface area contributed by atoms with Crippen LogP contribution in [0.4, 0.5) is 0 Å². The quantitative estimate of drug-likeness (QED) is 0.488. The molecule has 120 valence electrons. The minimum atomic E-state index is 0.470. The number of hydrogen-bond acceptors (Lipinski definition) is 3. The third-order valence-corrected chi connectivity index (χ3v) is 4.49. The van der Waals surface area contributed by atoms with Gasteiger partial charge < -0.3 is 0 Å². The second-order valence-electron chi connectivity index (χ2n) is 5.47. The SMILES string of the molecule is N#Cc1c(-c2ccc(Cl)cc2)cc(-c2ccc(Cl)cc2)n2cnnc12. The average molecular weight is 365 g/mol. The molecule has 0 fully saturated rings. The summed E-state index contributed by atoms with van der Waals surface area (Å²) in [6, 6.07) is 19.1. The predicted molar refractivity (Wildman–Crippen MR) is 98.6 cm³/mol. The first-order valence-electron chi connectivity index (χ1n) is 7.46. The van der Waals surface area contributed by atoms with Crippen LogP contribution in [0.1, 0.15) is 5.56 Å². The molecule has 0 aliphatic carbocycles. The van der Waals surface area contributed by atoms with Gasteiger partial charge in [-0.25, -0.2) is 0 Å². The molecule has 4 rings (SSSR count). The van der Waals surface area contributed by atoms with Crippen molar-refractivity contribution in [3.8, 4) is 28.5 Å². The van der Waals surface area contributed by atoms with Crippen molar-refractivity contribution in [1.29, 1.82) is 5.26 Å². The van der Waals surface area contributed by atoms with E-state index in [-0.39, 0.29) is 0 Å². The van der Waals surface area contributed by atoms with Gasteiger partial charge in [0.2, 0.25) is 0 Å². The Morgan fingerprint density at radius 2 is 1.48 bits per heavy atom. The lowest BCUT2D eigenvalue weighted by atomic mass is 9.98. The van der Waals surface area contributed by atoms with Crippen LogP contribution in [0.2, 0.25) is 10.0 Å². The lowest BCUT2D eigenvalue weighted by Crippen LogP contribution is -1.97. The highest BCUT2D eigenvalue weighted by Gasteiger charge is 2.16. The zero-order valence-electron chi connectivity index (χ0n) is 12.8. The van der Waals surface area contributed by atoms with Crippen molar-refractivity contribution in [3.05, 3.63) is 76.5 Å². The highest BCUT2D eigenvalue weighted by molar-refractivity contribution is 6.30. The molecule has 4 nitrogen and oxygen atoms in total. The Kier molecular flexibility index (Phi) is 3.89. The lowest BCUT2D eigenvalue weighted by Gasteiger charge is -2.11. The fourth-order valence-corrected chi connectivity index (χ4v) is 3.04. The van der Waals surface area contributed by atoms with Crippen molar-refractivity contribution in [3.63, 3.8) is 0 Å². The summed E-state index contributed by atoms with van der Waals surface area (Å²) in [4.78, 5) is 0. The van der Waals surface area contributed by atoms with Gasteiger partial charge in [0.15, 0.2) is 5.65 Å². The summed E-state index contributed by atoms with van der Waals surface area (Å²) >= 11 is 12.0. The van der Waals surface area contributed by atoms with Crippen LogP contribution in [0.15, 0.2) is 60.9 Å². The number of hydrogen-bond donors (Lipinski definition) is 0. The zero-order chi connectivity index (χ0) is 17.4. The first-order valence-corrected chi connectivity index (χ1v) is 8.21. The van der Waals surface area contributed by atoms with Crippen molar-refractivity contribution < 1.29 is 0 Å². The predicted octanol–water partition coefficient (Wildman–Crippen LogP) is 5.24. The number of nitriles is 1. The van der Waals surface area contributed by atoms with E-state index in [0.29, 0.717) is 21.3 Å². The highest BCUT2D eigenvalue weighted by Crippen LogP contribution is 2.32. The van der Waals surface area contributed by atoms with E-state index in [0.717, 1.165) is 22.4 Å². The molecule has 2 aromatic carbocycles. The van der Waals surface area contributed by atoms with Crippen LogP contribution in [0, 0.1) is 11.3 Å². The van der Waals surface area contributed by atoms with Gasteiger partial charge in [-0.2, -0.15) is 5.26 Å². The number of rotatable bonds is 2. The molecular formula is C19H10Cl2N4. The van der Waals surface area contributed by atoms with Gasteiger partial charge in [-0.3, -0.25) is 4.40 Å². The van der Waals surface area contributed by atoms with Crippen molar-refractivity contribution in [2.45, 2.75) is 0 Å². The third kappa shape index (κ3) is 2.74. The Labute approximate surface area is 153 Å². The van der Waals surface area contributed by atoms with Crippen LogP contribution in [-0.2, 0) is 0 Å². The van der Waals surface area contributed by atoms with E-state index in [1.54, 1.807) is 22.9 Å². The standard InChI is InChI=1S/C19H10Cl2N4/c20-14-5-1-12(2-6-14)16-9-18(13-3-7-15(21)8-4-13)25-11-23-24-19(25)17(16)10-22/h1-9,11H. The van der Waals surface area contributed by atoms with Gasteiger partial charge in [0.25, 0.3) is 0 Å². The first-order chi connectivity index (χ1) is 12.2. The van der Waals surface area contributed by atoms with Gasteiger partial charge in [0, 0.05) is 15.6 Å². The molecule has 0 bridgehead atoms. The van der Waals surface area contributed by atoms with Crippen LogP contribution in [0.5, 0.6) is 0 Å². The second kappa shape index (κ2) is 6.21. The molecule has 0 amide bonds. The lowest BCUT2D eigenvalue weighted by molar-refractivity contribution is 1.10. The van der Waals surface area contributed by atoms with E-state index in [1.807, 2.05) is 42.5 Å². The fourth-order valence-electron chi connectivity index (χ4n) is 2.79. The maximum Gasteiger partial charge on any atom is 0.179 e. The maximum absolute atomic E-state index is 9.67. The molecule has 0 aliphatic heterocycles. The monoisotopic (exact) mass is 364 g/mol. The Balaban J connectivity index is 2.04. The van der Waals surface area contributed by atoms with Crippen molar-refractivity contribution in [1.82, 2.24) is 14.6 Å². The van der Waals surface area contributed by atoms with E-state index in [4.69, 9.17) is 23.2 Å². The number of halogens is 2. The van der Waals surface area contributed by atoms with Gasteiger partial charge >= 0.3 is 0 Å². The Bertz CT molecular complexity index is 1110. The van der Waals surface area contributed by atoms with E-state index < -0.39 is 0 Å². The summed E-state index contributed by atoms with van der Waals surface area (Å²) in [7, 11) is 0. The van der Waals surface area contributed by atoms with Gasteiger partial charge in [-0.1, -0.05) is 47.5 Å².